The smallest absolute Gasteiger partial charge is 0.308 e. The fraction of sp³-hybridized carbons (Fsp3) is 0.190. The van der Waals surface area contributed by atoms with Gasteiger partial charge in [-0.2, -0.15) is 0 Å². The maximum atomic E-state index is 12.4. The number of anilines is 2. The van der Waals surface area contributed by atoms with Crippen molar-refractivity contribution in [3.8, 4) is 5.69 Å². The first-order valence-electron chi connectivity index (χ1n) is 8.45. The minimum Gasteiger partial charge on any atom is -0.308 e. The van der Waals surface area contributed by atoms with Crippen LogP contribution in [0.4, 0.5) is 16.3 Å². The number of hydrogen-bond acceptors (Lipinski definition) is 1. The van der Waals surface area contributed by atoms with Crippen LogP contribution in [0.2, 0.25) is 5.02 Å². The molecular formula is C21H22ClN3O. The molecule has 3 rings (SSSR count). The van der Waals surface area contributed by atoms with Gasteiger partial charge in [-0.25, -0.2) is 4.79 Å². The second kappa shape index (κ2) is 7.26. The van der Waals surface area contributed by atoms with E-state index in [0.717, 1.165) is 11.3 Å². The molecule has 26 heavy (non-hydrogen) atoms. The summed E-state index contributed by atoms with van der Waals surface area (Å²) in [6.07, 6.45) is 2.06. The van der Waals surface area contributed by atoms with Crippen molar-refractivity contribution < 1.29 is 4.79 Å². The highest BCUT2D eigenvalue weighted by Crippen LogP contribution is 2.29. The molecule has 0 unspecified atom stereocenters. The van der Waals surface area contributed by atoms with E-state index in [2.05, 4.69) is 37.6 Å². The van der Waals surface area contributed by atoms with Crippen molar-refractivity contribution in [2.24, 2.45) is 0 Å². The SMILES string of the molecule is CC(C)(C)c1cc(NC(=O)Nc2ccc(Cl)cc2)n(-c2ccccc2)c1. The van der Waals surface area contributed by atoms with Crippen LogP contribution in [0.25, 0.3) is 5.69 Å². The number of para-hydroxylation sites is 1. The highest BCUT2D eigenvalue weighted by molar-refractivity contribution is 6.30. The van der Waals surface area contributed by atoms with E-state index in [4.69, 9.17) is 11.6 Å². The van der Waals surface area contributed by atoms with Crippen LogP contribution in [-0.2, 0) is 5.41 Å². The molecule has 2 N–H and O–H groups in total. The van der Waals surface area contributed by atoms with Crippen molar-refractivity contribution in [3.63, 3.8) is 0 Å². The molecular weight excluding hydrogens is 346 g/mol. The first-order chi connectivity index (χ1) is 12.3. The first kappa shape index (κ1) is 18.1. The van der Waals surface area contributed by atoms with Gasteiger partial charge in [0, 0.05) is 22.6 Å². The lowest BCUT2D eigenvalue weighted by molar-refractivity contribution is 0.262. The number of halogens is 1. The summed E-state index contributed by atoms with van der Waals surface area (Å²) in [5.41, 5.74) is 2.79. The third kappa shape index (κ3) is 4.27. The Labute approximate surface area is 158 Å². The lowest BCUT2D eigenvalue weighted by Crippen LogP contribution is -2.20. The second-order valence-electron chi connectivity index (χ2n) is 7.16. The molecule has 0 aliphatic heterocycles. The number of nitrogens with one attached hydrogen (secondary N) is 2. The second-order valence-corrected chi connectivity index (χ2v) is 7.59. The number of nitrogens with zero attached hydrogens (tertiary/aromatic N) is 1. The molecule has 1 aromatic heterocycles. The van der Waals surface area contributed by atoms with E-state index in [0.29, 0.717) is 16.5 Å². The molecule has 0 atom stereocenters. The number of rotatable bonds is 3. The molecule has 1 heterocycles. The molecule has 2 aromatic carbocycles. The molecule has 0 spiro atoms. The minimum absolute atomic E-state index is 0.0247. The number of hydrogen-bond donors (Lipinski definition) is 2. The molecule has 0 aliphatic carbocycles. The zero-order chi connectivity index (χ0) is 18.7. The third-order valence-electron chi connectivity index (χ3n) is 4.06. The summed E-state index contributed by atoms with van der Waals surface area (Å²) in [6, 6.07) is 18.6. The van der Waals surface area contributed by atoms with Gasteiger partial charge in [0.15, 0.2) is 0 Å². The number of amides is 2. The molecule has 2 amide bonds. The molecule has 0 saturated carbocycles. The van der Waals surface area contributed by atoms with Gasteiger partial charge >= 0.3 is 6.03 Å². The molecule has 0 radical (unpaired) electrons. The summed E-state index contributed by atoms with van der Waals surface area (Å²) < 4.78 is 1.99. The monoisotopic (exact) mass is 367 g/mol. The van der Waals surface area contributed by atoms with E-state index in [1.54, 1.807) is 24.3 Å². The maximum Gasteiger partial charge on any atom is 0.324 e. The number of urea groups is 1. The Morgan fingerprint density at radius 1 is 0.962 bits per heavy atom. The highest BCUT2D eigenvalue weighted by atomic mass is 35.5. The molecule has 0 bridgehead atoms. The van der Waals surface area contributed by atoms with Crippen LogP contribution < -0.4 is 10.6 Å². The van der Waals surface area contributed by atoms with E-state index in [9.17, 15) is 4.79 Å². The van der Waals surface area contributed by atoms with Crippen LogP contribution >= 0.6 is 11.6 Å². The first-order valence-corrected chi connectivity index (χ1v) is 8.82. The van der Waals surface area contributed by atoms with Crippen molar-refractivity contribution in [2.45, 2.75) is 26.2 Å². The quantitative estimate of drug-likeness (QED) is 0.579. The Bertz CT molecular complexity index is 893. The average molecular weight is 368 g/mol. The van der Waals surface area contributed by atoms with E-state index in [1.165, 1.54) is 0 Å². The normalized spacial score (nSPS) is 11.2. The summed E-state index contributed by atoms with van der Waals surface area (Å²) in [6.45, 7) is 6.44. The molecule has 0 aliphatic rings. The largest absolute Gasteiger partial charge is 0.324 e. The average Bonchev–Trinajstić information content (AvgIpc) is 3.02. The molecule has 0 fully saturated rings. The summed E-state index contributed by atoms with van der Waals surface area (Å²) in [5, 5.41) is 6.40. The highest BCUT2D eigenvalue weighted by Gasteiger charge is 2.19. The standard InChI is InChI=1S/C21H22ClN3O/c1-21(2,3)15-13-19(25(14-15)18-7-5-4-6-8-18)24-20(26)23-17-11-9-16(22)10-12-17/h4-14H,1-3H3,(H2,23,24,26). The van der Waals surface area contributed by atoms with E-state index >= 15 is 0 Å². The summed E-state index contributed by atoms with van der Waals surface area (Å²) in [5.74, 6) is 0.715. The van der Waals surface area contributed by atoms with Gasteiger partial charge in [-0.1, -0.05) is 50.6 Å². The van der Waals surface area contributed by atoms with Crippen LogP contribution in [0.5, 0.6) is 0 Å². The number of aromatic nitrogens is 1. The summed E-state index contributed by atoms with van der Waals surface area (Å²) in [7, 11) is 0. The minimum atomic E-state index is -0.303. The van der Waals surface area contributed by atoms with Gasteiger partial charge in [-0.05, 0) is 53.4 Å². The van der Waals surface area contributed by atoms with Crippen LogP contribution in [0.1, 0.15) is 26.3 Å². The predicted molar refractivity (Wildman–Crippen MR) is 109 cm³/mol. The van der Waals surface area contributed by atoms with Crippen molar-refractivity contribution in [1.29, 1.82) is 0 Å². The molecule has 134 valence electrons. The van der Waals surface area contributed by atoms with Gasteiger partial charge in [0.05, 0.1) is 0 Å². The van der Waals surface area contributed by atoms with E-state index < -0.39 is 0 Å². The number of carbonyl (C=O) groups excluding carboxylic acids is 1. The molecule has 3 aromatic rings. The fourth-order valence-electron chi connectivity index (χ4n) is 2.58. The van der Waals surface area contributed by atoms with Crippen molar-refractivity contribution in [2.75, 3.05) is 10.6 Å². The van der Waals surface area contributed by atoms with Gasteiger partial charge < -0.3 is 9.88 Å². The fourth-order valence-corrected chi connectivity index (χ4v) is 2.71. The van der Waals surface area contributed by atoms with Gasteiger partial charge in [-0.3, -0.25) is 5.32 Å². The third-order valence-corrected chi connectivity index (χ3v) is 4.32. The summed E-state index contributed by atoms with van der Waals surface area (Å²) in [4.78, 5) is 12.4. The Kier molecular flexibility index (Phi) is 5.05. The lowest BCUT2D eigenvalue weighted by Gasteiger charge is -2.15. The van der Waals surface area contributed by atoms with Gasteiger partial charge in [-0.15, -0.1) is 0 Å². The van der Waals surface area contributed by atoms with Crippen LogP contribution in [0.3, 0.4) is 0 Å². The van der Waals surface area contributed by atoms with E-state index in [-0.39, 0.29) is 11.4 Å². The zero-order valence-corrected chi connectivity index (χ0v) is 15.8. The van der Waals surface area contributed by atoms with Crippen molar-refractivity contribution >= 4 is 29.1 Å². The lowest BCUT2D eigenvalue weighted by atomic mass is 9.89. The Morgan fingerprint density at radius 3 is 2.23 bits per heavy atom. The predicted octanol–water partition coefficient (Wildman–Crippen LogP) is 6.07. The van der Waals surface area contributed by atoms with Crippen molar-refractivity contribution in [3.05, 3.63) is 77.4 Å². The maximum absolute atomic E-state index is 12.4. The topological polar surface area (TPSA) is 46.1 Å². The number of carbonyl (C=O) groups is 1. The molecule has 4 nitrogen and oxygen atoms in total. The van der Waals surface area contributed by atoms with E-state index in [1.807, 2.05) is 41.0 Å². The van der Waals surface area contributed by atoms with Gasteiger partial charge in [0.2, 0.25) is 0 Å². The van der Waals surface area contributed by atoms with Crippen LogP contribution in [0.15, 0.2) is 66.9 Å². The molecule has 5 heteroatoms. The van der Waals surface area contributed by atoms with Crippen LogP contribution in [0, 0.1) is 0 Å². The van der Waals surface area contributed by atoms with Gasteiger partial charge in [0.25, 0.3) is 0 Å². The van der Waals surface area contributed by atoms with Crippen LogP contribution in [-0.4, -0.2) is 10.6 Å². The Hall–Kier alpha value is -2.72. The molecule has 0 saturated heterocycles. The Balaban J connectivity index is 1.87. The number of benzene rings is 2. The van der Waals surface area contributed by atoms with Gasteiger partial charge in [0.1, 0.15) is 5.82 Å². The zero-order valence-electron chi connectivity index (χ0n) is 15.1. The Morgan fingerprint density at radius 2 is 1.62 bits per heavy atom. The van der Waals surface area contributed by atoms with Crippen molar-refractivity contribution in [1.82, 2.24) is 4.57 Å². The summed E-state index contributed by atoms with van der Waals surface area (Å²) >= 11 is 5.88.